The summed E-state index contributed by atoms with van der Waals surface area (Å²) in [6.07, 6.45) is -3.02. The number of likely N-dealkylation sites (tertiary alicyclic amines) is 1. The van der Waals surface area contributed by atoms with Gasteiger partial charge in [0.15, 0.2) is 0 Å². The van der Waals surface area contributed by atoms with Gasteiger partial charge in [-0.25, -0.2) is 0 Å². The van der Waals surface area contributed by atoms with Crippen molar-refractivity contribution < 1.29 is 31.6 Å². The summed E-state index contributed by atoms with van der Waals surface area (Å²) in [4.78, 5) is 14.7. The van der Waals surface area contributed by atoms with Crippen molar-refractivity contribution in [2.24, 2.45) is 0 Å². The molecule has 2 aromatic rings. The van der Waals surface area contributed by atoms with Crippen LogP contribution in [0.5, 0.6) is 0 Å². The Morgan fingerprint density at radius 3 is 2.23 bits per heavy atom. The molecule has 30 heavy (non-hydrogen) atoms. The first-order chi connectivity index (χ1) is 15.5. The molecule has 2 aliphatic heterocycles. The van der Waals surface area contributed by atoms with Gasteiger partial charge in [0.25, 0.3) is 5.91 Å². The van der Waals surface area contributed by atoms with Gasteiger partial charge in [-0.1, -0.05) is 24.3 Å². The number of piperidine rings is 1. The minimum atomic E-state index is -4.35. The van der Waals surface area contributed by atoms with Crippen LogP contribution in [-0.4, -0.2) is 44.1 Å². The maximum absolute atomic E-state index is 12.9. The van der Waals surface area contributed by atoms with Crippen LogP contribution in [-0.2, 0) is 21.3 Å². The average Bonchev–Trinajstić information content (AvgIpc) is 2.75. The molecule has 2 heterocycles. The zero-order chi connectivity index (χ0) is 23.9. The Bertz CT molecular complexity index is 979. The maximum atomic E-state index is 12.9. The van der Waals surface area contributed by atoms with Crippen LogP contribution in [0.1, 0.15) is 49.9 Å². The monoisotopic (exact) mass is 422 g/mol. The molecule has 0 saturated carbocycles. The summed E-state index contributed by atoms with van der Waals surface area (Å²) in [7, 11) is -2.56. The van der Waals surface area contributed by atoms with Crippen molar-refractivity contribution in [2.45, 2.75) is 30.5 Å². The predicted molar refractivity (Wildman–Crippen MR) is 105 cm³/mol. The van der Waals surface area contributed by atoms with Gasteiger partial charge in [0, 0.05) is 25.7 Å². The molecular formula is C23H24F3NO3. The number of benzene rings is 2. The van der Waals surface area contributed by atoms with E-state index in [1.54, 1.807) is 29.2 Å². The van der Waals surface area contributed by atoms with Gasteiger partial charge in [-0.15, -0.1) is 0 Å². The van der Waals surface area contributed by atoms with Crippen molar-refractivity contribution in [3.8, 4) is 0 Å². The summed E-state index contributed by atoms with van der Waals surface area (Å²) in [5.41, 5.74) is 0.273. The smallest absolute Gasteiger partial charge is 0.375 e. The first kappa shape index (κ1) is 17.3. The molecule has 0 radical (unpaired) electrons. The van der Waals surface area contributed by atoms with Gasteiger partial charge in [0.2, 0.25) is 0 Å². The van der Waals surface area contributed by atoms with Crippen molar-refractivity contribution in [2.75, 3.05) is 33.3 Å². The third kappa shape index (κ3) is 3.96. The van der Waals surface area contributed by atoms with E-state index in [0.717, 1.165) is 17.7 Å². The van der Waals surface area contributed by atoms with Crippen LogP contribution in [0.3, 0.4) is 0 Å². The lowest BCUT2D eigenvalue weighted by molar-refractivity contribution is -0.202. The average molecular weight is 422 g/mol. The molecule has 4 nitrogen and oxygen atoms in total. The lowest BCUT2D eigenvalue weighted by Gasteiger charge is -2.40. The van der Waals surface area contributed by atoms with Crippen molar-refractivity contribution in [3.63, 3.8) is 0 Å². The molecule has 0 aliphatic carbocycles. The third-order valence-corrected chi connectivity index (χ3v) is 6.02. The van der Waals surface area contributed by atoms with E-state index in [-0.39, 0.29) is 25.0 Å². The van der Waals surface area contributed by atoms with E-state index in [9.17, 15) is 18.0 Å². The fraction of sp³-hybridized carbons (Fsp3) is 0.435. The standard InChI is InChI=1S/C23H24F3NO3/c1-29-22(14-30-15-22)19-6-4-18(5-7-19)21(28)27-12-10-17(11-13-27)16-2-8-20(9-3-16)23(24,25)26/h2-9,17H,10-15H2,1H3/i1D3. The summed E-state index contributed by atoms with van der Waals surface area (Å²) < 4.78 is 70.9. The number of ether oxygens (including phenoxy) is 2. The summed E-state index contributed by atoms with van der Waals surface area (Å²) in [5.74, 6) is -0.0303. The van der Waals surface area contributed by atoms with Gasteiger partial charge < -0.3 is 14.4 Å². The van der Waals surface area contributed by atoms with E-state index >= 15 is 0 Å². The lowest BCUT2D eigenvalue weighted by Crippen LogP contribution is -2.48. The zero-order valence-corrected chi connectivity index (χ0v) is 16.2. The van der Waals surface area contributed by atoms with E-state index in [4.69, 9.17) is 13.6 Å². The Morgan fingerprint density at radius 2 is 1.73 bits per heavy atom. The molecule has 2 aromatic carbocycles. The van der Waals surface area contributed by atoms with E-state index < -0.39 is 24.4 Å². The number of alkyl halides is 3. The number of rotatable bonds is 4. The van der Waals surface area contributed by atoms with E-state index in [0.29, 0.717) is 37.1 Å². The van der Waals surface area contributed by atoms with Gasteiger partial charge in [0.1, 0.15) is 5.60 Å². The van der Waals surface area contributed by atoms with Crippen molar-refractivity contribution in [1.29, 1.82) is 0 Å². The molecule has 2 saturated heterocycles. The number of methoxy groups -OCH3 is 1. The molecule has 0 N–H and O–H groups in total. The van der Waals surface area contributed by atoms with Gasteiger partial charge in [0.05, 0.1) is 22.9 Å². The van der Waals surface area contributed by atoms with E-state index in [1.165, 1.54) is 12.1 Å². The molecular weight excluding hydrogens is 395 g/mol. The molecule has 4 rings (SSSR count). The lowest BCUT2D eigenvalue weighted by atomic mass is 9.88. The molecule has 2 fully saturated rings. The number of carbonyl (C=O) groups excluding carboxylic acids is 1. The van der Waals surface area contributed by atoms with Crippen LogP contribution in [0.2, 0.25) is 0 Å². The molecule has 0 aromatic heterocycles. The fourth-order valence-electron chi connectivity index (χ4n) is 4.03. The Kier molecular flexibility index (Phi) is 4.64. The first-order valence-corrected chi connectivity index (χ1v) is 9.82. The van der Waals surface area contributed by atoms with Crippen LogP contribution in [0.25, 0.3) is 0 Å². The van der Waals surface area contributed by atoms with Gasteiger partial charge in [-0.05, 0) is 54.2 Å². The molecule has 0 spiro atoms. The normalized spacial score (nSPS) is 21.3. The number of carbonyl (C=O) groups is 1. The molecule has 1 amide bonds. The molecule has 7 heteroatoms. The number of amides is 1. The summed E-state index contributed by atoms with van der Waals surface area (Å²) in [6.45, 7) is 1.28. The number of hydrogen-bond donors (Lipinski definition) is 0. The van der Waals surface area contributed by atoms with Crippen LogP contribution in [0.15, 0.2) is 48.5 Å². The second-order valence-corrected chi connectivity index (χ2v) is 7.85. The molecule has 0 bridgehead atoms. The van der Waals surface area contributed by atoms with Crippen LogP contribution >= 0.6 is 0 Å². The molecule has 2 aliphatic rings. The van der Waals surface area contributed by atoms with Gasteiger partial charge >= 0.3 is 6.18 Å². The largest absolute Gasteiger partial charge is 0.416 e. The fourth-order valence-corrected chi connectivity index (χ4v) is 4.03. The Labute approximate surface area is 177 Å². The summed E-state index contributed by atoms with van der Waals surface area (Å²) in [6, 6.07) is 11.9. The second kappa shape index (κ2) is 8.04. The molecule has 160 valence electrons. The van der Waals surface area contributed by atoms with Gasteiger partial charge in [-0.2, -0.15) is 13.2 Å². The van der Waals surface area contributed by atoms with Crippen LogP contribution in [0, 0.1) is 0 Å². The van der Waals surface area contributed by atoms with Crippen molar-refractivity contribution >= 4 is 5.91 Å². The Hall–Kier alpha value is -2.38. The number of hydrogen-bond acceptors (Lipinski definition) is 3. The third-order valence-electron chi connectivity index (χ3n) is 6.02. The second-order valence-electron chi connectivity index (χ2n) is 7.85. The Balaban J connectivity index is 1.37. The van der Waals surface area contributed by atoms with Crippen LogP contribution < -0.4 is 0 Å². The van der Waals surface area contributed by atoms with E-state index in [1.807, 2.05) is 0 Å². The highest BCUT2D eigenvalue weighted by atomic mass is 19.4. The molecule has 0 atom stereocenters. The minimum absolute atomic E-state index is 0.106. The van der Waals surface area contributed by atoms with Crippen molar-refractivity contribution in [1.82, 2.24) is 4.90 Å². The van der Waals surface area contributed by atoms with Crippen molar-refractivity contribution in [3.05, 3.63) is 70.8 Å². The Morgan fingerprint density at radius 1 is 1.10 bits per heavy atom. The topological polar surface area (TPSA) is 38.8 Å². The number of halogens is 3. The molecule has 0 unspecified atom stereocenters. The maximum Gasteiger partial charge on any atom is 0.416 e. The highest BCUT2D eigenvalue weighted by molar-refractivity contribution is 5.94. The van der Waals surface area contributed by atoms with Crippen LogP contribution in [0.4, 0.5) is 13.2 Å². The minimum Gasteiger partial charge on any atom is -0.375 e. The summed E-state index contributed by atoms with van der Waals surface area (Å²) >= 11 is 0. The quantitative estimate of drug-likeness (QED) is 0.723. The SMILES string of the molecule is [2H]C([2H])([2H])OC1(c2ccc(C(=O)N3CCC(c4ccc(C(F)(F)F)cc4)CC3)cc2)COC1. The zero-order valence-electron chi connectivity index (χ0n) is 19.2. The highest BCUT2D eigenvalue weighted by Crippen LogP contribution is 2.34. The highest BCUT2D eigenvalue weighted by Gasteiger charge is 2.40. The predicted octanol–water partition coefficient (Wildman–Crippen LogP) is 4.60. The van der Waals surface area contributed by atoms with Gasteiger partial charge in [-0.3, -0.25) is 4.79 Å². The number of nitrogens with zero attached hydrogens (tertiary/aromatic N) is 1. The first-order valence-electron chi connectivity index (χ1n) is 11.3. The summed E-state index contributed by atoms with van der Waals surface area (Å²) in [5, 5.41) is 0. The van der Waals surface area contributed by atoms with E-state index in [2.05, 4.69) is 0 Å².